The normalized spacial score (nSPS) is 14.0. The zero-order valence-corrected chi connectivity index (χ0v) is 16.8. The quantitative estimate of drug-likeness (QED) is 0.674. The summed E-state index contributed by atoms with van der Waals surface area (Å²) in [6.45, 7) is 7.34. The molecule has 2 aromatic rings. The highest BCUT2D eigenvalue weighted by molar-refractivity contribution is 7.99. The van der Waals surface area contributed by atoms with Gasteiger partial charge >= 0.3 is 0 Å². The van der Waals surface area contributed by atoms with Gasteiger partial charge < -0.3 is 9.80 Å². The van der Waals surface area contributed by atoms with E-state index in [2.05, 4.69) is 15.1 Å². The lowest BCUT2D eigenvalue weighted by Gasteiger charge is -2.20. The topological polar surface area (TPSA) is 54.3 Å². The average molecular weight is 394 g/mol. The number of hydrogen-bond acceptors (Lipinski definition) is 5. The lowest BCUT2D eigenvalue weighted by molar-refractivity contribution is -0.127. The van der Waals surface area contributed by atoms with E-state index in [0.29, 0.717) is 29.0 Å². The molecular weight excluding hydrogens is 370 g/mol. The molecule has 2 heterocycles. The van der Waals surface area contributed by atoms with Crippen molar-refractivity contribution in [3.63, 3.8) is 0 Å². The summed E-state index contributed by atoms with van der Waals surface area (Å²) in [4.78, 5) is 16.4. The molecule has 140 valence electrons. The van der Waals surface area contributed by atoms with Gasteiger partial charge in [0, 0.05) is 26.2 Å². The highest BCUT2D eigenvalue weighted by Gasteiger charge is 2.24. The van der Waals surface area contributed by atoms with Crippen LogP contribution >= 0.6 is 23.4 Å². The third kappa shape index (κ3) is 3.99. The Balaban J connectivity index is 1.90. The first-order valence-corrected chi connectivity index (χ1v) is 10.4. The van der Waals surface area contributed by atoms with Gasteiger partial charge in [0.15, 0.2) is 5.16 Å². The molecule has 1 amide bonds. The molecule has 0 N–H and O–H groups in total. The number of benzene rings is 1. The van der Waals surface area contributed by atoms with Gasteiger partial charge in [-0.1, -0.05) is 35.5 Å². The highest BCUT2D eigenvalue weighted by Crippen LogP contribution is 2.31. The molecule has 1 aliphatic heterocycles. The summed E-state index contributed by atoms with van der Waals surface area (Å²) in [5.41, 5.74) is 0.846. The SMILES string of the molecule is CCN(CC)C(=O)CSc1nnc(N2CCCC2)n1-c1ccccc1Cl. The van der Waals surface area contributed by atoms with Crippen molar-refractivity contribution in [3.05, 3.63) is 29.3 Å². The van der Waals surface area contributed by atoms with Crippen LogP contribution in [0.5, 0.6) is 0 Å². The van der Waals surface area contributed by atoms with E-state index < -0.39 is 0 Å². The molecule has 3 rings (SSSR count). The van der Waals surface area contributed by atoms with E-state index in [9.17, 15) is 4.79 Å². The largest absolute Gasteiger partial charge is 0.343 e. The van der Waals surface area contributed by atoms with Crippen LogP contribution in [0.15, 0.2) is 29.4 Å². The van der Waals surface area contributed by atoms with E-state index in [1.54, 1.807) is 0 Å². The number of carbonyl (C=O) groups excluding carboxylic acids is 1. The van der Waals surface area contributed by atoms with Crippen LogP contribution in [-0.2, 0) is 4.79 Å². The minimum absolute atomic E-state index is 0.108. The molecule has 26 heavy (non-hydrogen) atoms. The minimum atomic E-state index is 0.108. The van der Waals surface area contributed by atoms with Crippen LogP contribution in [0.1, 0.15) is 26.7 Å². The Bertz CT molecular complexity index is 756. The fourth-order valence-corrected chi connectivity index (χ4v) is 4.18. The average Bonchev–Trinajstić information content (AvgIpc) is 3.31. The second-order valence-electron chi connectivity index (χ2n) is 6.12. The molecular formula is C18H24ClN5OS. The van der Waals surface area contributed by atoms with Crippen molar-refractivity contribution < 1.29 is 4.79 Å². The number of para-hydroxylation sites is 1. The molecule has 1 saturated heterocycles. The Morgan fingerprint density at radius 2 is 1.88 bits per heavy atom. The molecule has 1 aliphatic rings. The van der Waals surface area contributed by atoms with Gasteiger partial charge in [0.1, 0.15) is 0 Å². The summed E-state index contributed by atoms with van der Waals surface area (Å²) in [5.74, 6) is 1.24. The number of anilines is 1. The smallest absolute Gasteiger partial charge is 0.233 e. The molecule has 6 nitrogen and oxygen atoms in total. The molecule has 0 aliphatic carbocycles. The van der Waals surface area contributed by atoms with Crippen molar-refractivity contribution in [2.45, 2.75) is 31.8 Å². The number of nitrogens with zero attached hydrogens (tertiary/aromatic N) is 5. The van der Waals surface area contributed by atoms with Crippen LogP contribution in [0, 0.1) is 0 Å². The second kappa shape index (κ2) is 8.77. The maximum atomic E-state index is 12.4. The zero-order valence-electron chi connectivity index (χ0n) is 15.2. The number of thioether (sulfide) groups is 1. The van der Waals surface area contributed by atoms with Crippen molar-refractivity contribution in [3.8, 4) is 5.69 Å². The Morgan fingerprint density at radius 1 is 1.19 bits per heavy atom. The predicted octanol–water partition coefficient (Wildman–Crippen LogP) is 3.48. The number of rotatable bonds is 7. The molecule has 8 heteroatoms. The lowest BCUT2D eigenvalue weighted by atomic mass is 10.3. The first-order chi connectivity index (χ1) is 12.7. The molecule has 0 spiro atoms. The molecule has 0 radical (unpaired) electrons. The Morgan fingerprint density at radius 3 is 2.54 bits per heavy atom. The molecule has 0 saturated carbocycles. The highest BCUT2D eigenvalue weighted by atomic mass is 35.5. The fourth-order valence-electron chi connectivity index (χ4n) is 3.12. The minimum Gasteiger partial charge on any atom is -0.343 e. The third-order valence-electron chi connectivity index (χ3n) is 4.54. The molecule has 0 atom stereocenters. The Hall–Kier alpha value is -1.73. The van der Waals surface area contributed by atoms with E-state index in [-0.39, 0.29) is 5.91 Å². The van der Waals surface area contributed by atoms with Gasteiger partial charge in [0.05, 0.1) is 16.5 Å². The van der Waals surface area contributed by atoms with Crippen LogP contribution in [0.25, 0.3) is 5.69 Å². The standard InChI is InChI=1S/C18H24ClN5OS/c1-3-22(4-2)16(25)13-26-18-21-20-17(23-11-7-8-12-23)24(18)15-10-6-5-9-14(15)19/h5-6,9-10H,3-4,7-8,11-13H2,1-2H3. The first kappa shape index (κ1) is 19.0. The van der Waals surface area contributed by atoms with E-state index in [1.807, 2.05) is 47.6 Å². The summed E-state index contributed by atoms with van der Waals surface area (Å²) in [6.07, 6.45) is 2.30. The van der Waals surface area contributed by atoms with Crippen LogP contribution in [0.3, 0.4) is 0 Å². The van der Waals surface area contributed by atoms with Crippen LogP contribution in [-0.4, -0.2) is 57.5 Å². The summed E-state index contributed by atoms with van der Waals surface area (Å²) in [7, 11) is 0. The molecule has 1 fully saturated rings. The first-order valence-electron chi connectivity index (χ1n) is 9.01. The van der Waals surface area contributed by atoms with Crippen molar-refractivity contribution in [1.29, 1.82) is 0 Å². The van der Waals surface area contributed by atoms with Gasteiger partial charge in [0.2, 0.25) is 11.9 Å². The zero-order chi connectivity index (χ0) is 18.5. The van der Waals surface area contributed by atoms with Crippen LogP contribution in [0.2, 0.25) is 5.02 Å². The lowest BCUT2D eigenvalue weighted by Crippen LogP contribution is -2.32. The van der Waals surface area contributed by atoms with Gasteiger partial charge in [-0.05, 0) is 38.8 Å². The predicted molar refractivity (Wildman–Crippen MR) is 106 cm³/mol. The fraction of sp³-hybridized carbons (Fsp3) is 0.500. The Kier molecular flexibility index (Phi) is 6.43. The van der Waals surface area contributed by atoms with Crippen molar-refractivity contribution in [2.75, 3.05) is 36.8 Å². The Labute approximate surface area is 163 Å². The van der Waals surface area contributed by atoms with Crippen molar-refractivity contribution in [2.24, 2.45) is 0 Å². The summed E-state index contributed by atoms with van der Waals surface area (Å²) in [6, 6.07) is 7.68. The number of carbonyl (C=O) groups is 1. The van der Waals surface area contributed by atoms with E-state index in [1.165, 1.54) is 11.8 Å². The van der Waals surface area contributed by atoms with Crippen molar-refractivity contribution >= 4 is 35.2 Å². The monoisotopic (exact) mass is 393 g/mol. The van der Waals surface area contributed by atoms with E-state index >= 15 is 0 Å². The number of amides is 1. The summed E-state index contributed by atoms with van der Waals surface area (Å²) >= 11 is 7.86. The van der Waals surface area contributed by atoms with Gasteiger partial charge in [-0.15, -0.1) is 10.2 Å². The van der Waals surface area contributed by atoms with E-state index in [0.717, 1.165) is 37.6 Å². The van der Waals surface area contributed by atoms with E-state index in [4.69, 9.17) is 11.6 Å². The molecule has 0 unspecified atom stereocenters. The molecule has 0 bridgehead atoms. The maximum absolute atomic E-state index is 12.4. The molecule has 1 aromatic heterocycles. The number of hydrogen-bond donors (Lipinski definition) is 0. The van der Waals surface area contributed by atoms with Crippen LogP contribution < -0.4 is 4.90 Å². The summed E-state index contributed by atoms with van der Waals surface area (Å²) in [5, 5.41) is 10.1. The van der Waals surface area contributed by atoms with Crippen LogP contribution in [0.4, 0.5) is 5.95 Å². The number of halogens is 1. The maximum Gasteiger partial charge on any atom is 0.233 e. The van der Waals surface area contributed by atoms with Crippen molar-refractivity contribution in [1.82, 2.24) is 19.7 Å². The van der Waals surface area contributed by atoms with Gasteiger partial charge in [-0.2, -0.15) is 0 Å². The molecule has 1 aromatic carbocycles. The number of aromatic nitrogens is 3. The van der Waals surface area contributed by atoms with Gasteiger partial charge in [0.25, 0.3) is 0 Å². The van der Waals surface area contributed by atoms with Gasteiger partial charge in [-0.3, -0.25) is 9.36 Å². The van der Waals surface area contributed by atoms with Gasteiger partial charge in [-0.25, -0.2) is 0 Å². The summed E-state index contributed by atoms with van der Waals surface area (Å²) < 4.78 is 1.98. The third-order valence-corrected chi connectivity index (χ3v) is 5.77. The second-order valence-corrected chi connectivity index (χ2v) is 7.47.